The quantitative estimate of drug-likeness (QED) is 0.618. The molecule has 0 aliphatic carbocycles. The summed E-state index contributed by atoms with van der Waals surface area (Å²) in [5.41, 5.74) is 0.441. The lowest BCUT2D eigenvalue weighted by atomic mass is 10.2. The molecule has 20 heavy (non-hydrogen) atoms. The standard InChI is InChI=1S/C14H11FN2O3/c1-2-9-3-4-10(7-11(9)15)16-12-8-13(19)17(5-6-18)14(12)20/h1,3-4,7-8,16,18H,5-6H2. The van der Waals surface area contributed by atoms with Crippen LogP contribution in [0, 0.1) is 18.2 Å². The topological polar surface area (TPSA) is 69.6 Å². The third kappa shape index (κ3) is 2.53. The van der Waals surface area contributed by atoms with Crippen LogP contribution in [-0.2, 0) is 9.59 Å². The molecule has 2 N–H and O–H groups in total. The minimum absolute atomic E-state index is 0.0244. The Morgan fingerprint density at radius 1 is 1.40 bits per heavy atom. The van der Waals surface area contributed by atoms with E-state index in [1.807, 2.05) is 0 Å². The predicted octanol–water partition coefficient (Wildman–Crippen LogP) is 0.464. The summed E-state index contributed by atoms with van der Waals surface area (Å²) in [5.74, 6) is 0.501. The summed E-state index contributed by atoms with van der Waals surface area (Å²) in [4.78, 5) is 24.3. The van der Waals surface area contributed by atoms with Crippen molar-refractivity contribution in [1.29, 1.82) is 0 Å². The van der Waals surface area contributed by atoms with Gasteiger partial charge in [-0.15, -0.1) is 6.42 Å². The van der Waals surface area contributed by atoms with Crippen molar-refractivity contribution >= 4 is 17.5 Å². The molecule has 0 fully saturated rings. The van der Waals surface area contributed by atoms with E-state index in [9.17, 15) is 14.0 Å². The van der Waals surface area contributed by atoms with Gasteiger partial charge in [0.2, 0.25) is 0 Å². The Labute approximate surface area is 114 Å². The van der Waals surface area contributed by atoms with Crippen LogP contribution in [0.2, 0.25) is 0 Å². The van der Waals surface area contributed by atoms with Gasteiger partial charge in [-0.3, -0.25) is 14.5 Å². The summed E-state index contributed by atoms with van der Waals surface area (Å²) >= 11 is 0. The molecular formula is C14H11FN2O3. The second kappa shape index (κ2) is 5.55. The van der Waals surface area contributed by atoms with Gasteiger partial charge < -0.3 is 10.4 Å². The van der Waals surface area contributed by atoms with Crippen LogP contribution in [0.3, 0.4) is 0 Å². The third-order valence-electron chi connectivity index (χ3n) is 2.74. The molecule has 0 radical (unpaired) electrons. The van der Waals surface area contributed by atoms with E-state index < -0.39 is 17.6 Å². The van der Waals surface area contributed by atoms with Crippen LogP contribution in [0.5, 0.6) is 0 Å². The largest absolute Gasteiger partial charge is 0.395 e. The number of carbonyl (C=O) groups excluding carboxylic acids is 2. The molecule has 5 nitrogen and oxygen atoms in total. The zero-order valence-corrected chi connectivity index (χ0v) is 10.4. The number of anilines is 1. The Balaban J connectivity index is 2.17. The number of nitrogens with zero attached hydrogens (tertiary/aromatic N) is 1. The molecule has 0 saturated carbocycles. The van der Waals surface area contributed by atoms with E-state index in [1.165, 1.54) is 12.1 Å². The van der Waals surface area contributed by atoms with Crippen LogP contribution in [0.4, 0.5) is 10.1 Å². The Kier molecular flexibility index (Phi) is 3.82. The number of rotatable bonds is 4. The first-order chi connectivity index (χ1) is 9.56. The fourth-order valence-corrected chi connectivity index (χ4v) is 1.78. The van der Waals surface area contributed by atoms with Gasteiger partial charge in [-0.05, 0) is 18.2 Å². The maximum absolute atomic E-state index is 13.5. The fraction of sp³-hybridized carbons (Fsp3) is 0.143. The van der Waals surface area contributed by atoms with Crippen LogP contribution in [0.1, 0.15) is 5.56 Å². The number of amides is 2. The number of terminal acetylenes is 1. The maximum atomic E-state index is 13.5. The summed E-state index contributed by atoms with van der Waals surface area (Å²) < 4.78 is 13.5. The van der Waals surface area contributed by atoms with Crippen molar-refractivity contribution in [2.75, 3.05) is 18.5 Å². The van der Waals surface area contributed by atoms with Crippen molar-refractivity contribution in [2.24, 2.45) is 0 Å². The van der Waals surface area contributed by atoms with Crippen LogP contribution >= 0.6 is 0 Å². The number of imide groups is 1. The highest BCUT2D eigenvalue weighted by Gasteiger charge is 2.30. The zero-order chi connectivity index (χ0) is 14.7. The normalized spacial score (nSPS) is 14.2. The molecule has 0 saturated heterocycles. The maximum Gasteiger partial charge on any atom is 0.277 e. The molecular weight excluding hydrogens is 263 g/mol. The van der Waals surface area contributed by atoms with Crippen molar-refractivity contribution in [3.05, 3.63) is 41.4 Å². The highest BCUT2D eigenvalue weighted by atomic mass is 19.1. The summed E-state index contributed by atoms with van der Waals surface area (Å²) in [6, 6.07) is 4.04. The number of carbonyl (C=O) groups is 2. The average Bonchev–Trinajstić information content (AvgIpc) is 2.67. The molecule has 2 amide bonds. The molecule has 6 heteroatoms. The number of β-amino-alcohol motifs (C(OH)–C–C–N with tert-alkyl or cyclic N) is 1. The molecule has 0 bridgehead atoms. The monoisotopic (exact) mass is 274 g/mol. The van der Waals surface area contributed by atoms with Gasteiger partial charge in [-0.1, -0.05) is 5.92 Å². The molecule has 0 atom stereocenters. The number of benzene rings is 1. The predicted molar refractivity (Wildman–Crippen MR) is 69.8 cm³/mol. The molecule has 1 aromatic rings. The van der Waals surface area contributed by atoms with E-state index in [2.05, 4.69) is 11.2 Å². The summed E-state index contributed by atoms with van der Waals surface area (Å²) in [5, 5.41) is 11.4. The second-order valence-electron chi connectivity index (χ2n) is 4.04. The summed E-state index contributed by atoms with van der Waals surface area (Å²) in [7, 11) is 0. The van der Waals surface area contributed by atoms with Crippen LogP contribution in [-0.4, -0.2) is 35.0 Å². The minimum Gasteiger partial charge on any atom is -0.395 e. The molecule has 0 aromatic heterocycles. The van der Waals surface area contributed by atoms with E-state index in [-0.39, 0.29) is 24.4 Å². The first-order valence-electron chi connectivity index (χ1n) is 5.78. The Morgan fingerprint density at radius 3 is 2.75 bits per heavy atom. The van der Waals surface area contributed by atoms with Gasteiger partial charge in [0.1, 0.15) is 11.5 Å². The van der Waals surface area contributed by atoms with E-state index >= 15 is 0 Å². The Bertz CT molecular complexity index is 646. The van der Waals surface area contributed by atoms with E-state index in [1.54, 1.807) is 0 Å². The molecule has 2 rings (SSSR count). The number of hydrogen-bond acceptors (Lipinski definition) is 4. The van der Waals surface area contributed by atoms with E-state index in [4.69, 9.17) is 11.5 Å². The van der Waals surface area contributed by atoms with Crippen molar-refractivity contribution in [3.63, 3.8) is 0 Å². The van der Waals surface area contributed by atoms with Gasteiger partial charge in [-0.2, -0.15) is 0 Å². The Hall–Kier alpha value is -2.65. The van der Waals surface area contributed by atoms with E-state index in [0.29, 0.717) is 5.69 Å². The van der Waals surface area contributed by atoms with Gasteiger partial charge in [-0.25, -0.2) is 4.39 Å². The Morgan fingerprint density at radius 2 is 2.15 bits per heavy atom. The van der Waals surface area contributed by atoms with Crippen molar-refractivity contribution < 1.29 is 19.1 Å². The average molecular weight is 274 g/mol. The first-order valence-corrected chi connectivity index (χ1v) is 5.78. The number of hydrogen-bond donors (Lipinski definition) is 2. The lowest BCUT2D eigenvalue weighted by molar-refractivity contribution is -0.137. The van der Waals surface area contributed by atoms with Crippen molar-refractivity contribution in [1.82, 2.24) is 4.90 Å². The lowest BCUT2D eigenvalue weighted by Crippen LogP contribution is -2.34. The van der Waals surface area contributed by atoms with Crippen LogP contribution in [0.15, 0.2) is 30.0 Å². The lowest BCUT2D eigenvalue weighted by Gasteiger charge is -2.13. The van der Waals surface area contributed by atoms with Crippen molar-refractivity contribution in [3.8, 4) is 12.3 Å². The molecule has 1 aliphatic rings. The summed E-state index contributed by atoms with van der Waals surface area (Å²) in [6.45, 7) is -0.395. The first kappa shape index (κ1) is 13.8. The van der Waals surface area contributed by atoms with Gasteiger partial charge in [0.25, 0.3) is 11.8 Å². The van der Waals surface area contributed by atoms with Crippen LogP contribution in [0.25, 0.3) is 0 Å². The second-order valence-corrected chi connectivity index (χ2v) is 4.04. The zero-order valence-electron chi connectivity index (χ0n) is 10.4. The highest BCUT2D eigenvalue weighted by molar-refractivity contribution is 6.17. The smallest absolute Gasteiger partial charge is 0.277 e. The molecule has 1 aromatic carbocycles. The van der Waals surface area contributed by atoms with Gasteiger partial charge in [0, 0.05) is 11.8 Å². The number of nitrogens with one attached hydrogen (secondary N) is 1. The number of aliphatic hydroxyl groups is 1. The van der Waals surface area contributed by atoms with E-state index in [0.717, 1.165) is 17.0 Å². The molecule has 102 valence electrons. The van der Waals surface area contributed by atoms with Gasteiger partial charge in [0.05, 0.1) is 18.7 Å². The molecule has 1 aliphatic heterocycles. The van der Waals surface area contributed by atoms with Crippen molar-refractivity contribution in [2.45, 2.75) is 0 Å². The SMILES string of the molecule is C#Cc1ccc(NC2=CC(=O)N(CCO)C2=O)cc1F. The van der Waals surface area contributed by atoms with Crippen LogP contribution < -0.4 is 5.32 Å². The number of halogens is 1. The third-order valence-corrected chi connectivity index (χ3v) is 2.74. The highest BCUT2D eigenvalue weighted by Crippen LogP contribution is 2.19. The summed E-state index contributed by atoms with van der Waals surface area (Å²) in [6.07, 6.45) is 6.21. The fourth-order valence-electron chi connectivity index (χ4n) is 1.78. The number of aliphatic hydroxyl groups excluding tert-OH is 1. The minimum atomic E-state index is -0.595. The molecule has 0 unspecified atom stereocenters. The molecule has 1 heterocycles. The molecule has 0 spiro atoms. The van der Waals surface area contributed by atoms with Gasteiger partial charge in [0.15, 0.2) is 0 Å². The van der Waals surface area contributed by atoms with Gasteiger partial charge >= 0.3 is 0 Å².